The number of ether oxygens (including phenoxy) is 3. The van der Waals surface area contributed by atoms with Gasteiger partial charge in [0.25, 0.3) is 0 Å². The lowest BCUT2D eigenvalue weighted by Gasteiger charge is -2.35. The SMILES string of the molecule is CCCCOC(=O)CCN1CCN(CC2CN(c3ccc(C(=N)NC(=O)OC)cc3)C(=O)O2)CC1. The van der Waals surface area contributed by atoms with Crippen molar-refractivity contribution in [2.75, 3.05) is 64.4 Å². The Bertz CT molecular complexity index is 885. The number of nitrogens with zero attached hydrogens (tertiary/aromatic N) is 3. The predicted molar refractivity (Wildman–Crippen MR) is 130 cm³/mol. The largest absolute Gasteiger partial charge is 0.466 e. The van der Waals surface area contributed by atoms with E-state index in [4.69, 9.17) is 14.9 Å². The molecule has 192 valence electrons. The Morgan fingerprint density at radius 3 is 2.49 bits per heavy atom. The molecule has 0 aromatic heterocycles. The lowest BCUT2D eigenvalue weighted by Crippen LogP contribution is -2.49. The van der Waals surface area contributed by atoms with E-state index in [1.54, 1.807) is 29.2 Å². The minimum atomic E-state index is -0.712. The van der Waals surface area contributed by atoms with Gasteiger partial charge in [0.15, 0.2) is 0 Å². The van der Waals surface area contributed by atoms with Crippen molar-refractivity contribution in [1.82, 2.24) is 15.1 Å². The van der Waals surface area contributed by atoms with Crippen molar-refractivity contribution < 1.29 is 28.6 Å². The number of methoxy groups -OCH3 is 1. The minimum Gasteiger partial charge on any atom is -0.466 e. The van der Waals surface area contributed by atoms with Gasteiger partial charge in [-0.2, -0.15) is 0 Å². The first-order valence-electron chi connectivity index (χ1n) is 12.0. The predicted octanol–water partition coefficient (Wildman–Crippen LogP) is 2.04. The first-order valence-corrected chi connectivity index (χ1v) is 12.0. The monoisotopic (exact) mass is 489 g/mol. The van der Waals surface area contributed by atoms with E-state index in [9.17, 15) is 14.4 Å². The number of rotatable bonds is 10. The Morgan fingerprint density at radius 2 is 1.83 bits per heavy atom. The van der Waals surface area contributed by atoms with Crippen molar-refractivity contribution in [3.8, 4) is 0 Å². The molecule has 2 aliphatic heterocycles. The molecule has 11 nitrogen and oxygen atoms in total. The fourth-order valence-electron chi connectivity index (χ4n) is 4.00. The van der Waals surface area contributed by atoms with Crippen LogP contribution in [-0.4, -0.2) is 99.4 Å². The second kappa shape index (κ2) is 13.1. The van der Waals surface area contributed by atoms with Crippen LogP contribution in [0.5, 0.6) is 0 Å². The van der Waals surface area contributed by atoms with Crippen molar-refractivity contribution in [3.05, 3.63) is 29.8 Å². The third-order valence-electron chi connectivity index (χ3n) is 6.07. The number of benzene rings is 1. The number of hydrogen-bond acceptors (Lipinski definition) is 9. The molecule has 1 atom stereocenters. The first kappa shape index (κ1) is 26.4. The molecule has 35 heavy (non-hydrogen) atoms. The van der Waals surface area contributed by atoms with Gasteiger partial charge >= 0.3 is 18.2 Å². The lowest BCUT2D eigenvalue weighted by atomic mass is 10.1. The second-order valence-corrected chi connectivity index (χ2v) is 8.62. The van der Waals surface area contributed by atoms with Gasteiger partial charge < -0.3 is 19.1 Å². The molecule has 2 aliphatic rings. The van der Waals surface area contributed by atoms with Gasteiger partial charge in [-0.25, -0.2) is 9.59 Å². The average molecular weight is 490 g/mol. The van der Waals surface area contributed by atoms with Crippen molar-refractivity contribution in [3.63, 3.8) is 0 Å². The van der Waals surface area contributed by atoms with E-state index >= 15 is 0 Å². The van der Waals surface area contributed by atoms with E-state index in [0.717, 1.165) is 39.0 Å². The van der Waals surface area contributed by atoms with E-state index in [0.29, 0.717) is 43.9 Å². The summed E-state index contributed by atoms with van der Waals surface area (Å²) in [6.07, 6.45) is 0.980. The molecule has 3 rings (SSSR count). The number of anilines is 1. The Balaban J connectivity index is 1.40. The number of unbranched alkanes of at least 4 members (excludes halogenated alkanes) is 1. The standard InChI is InChI=1S/C24H35N5O6/c1-3-4-15-34-21(30)9-10-27-11-13-28(14-12-27)16-20-17-29(24(32)35-20)19-7-5-18(6-8-19)22(25)26-23(31)33-2/h5-8,20H,3-4,9-17H2,1-2H3,(H2,25,26,31). The van der Waals surface area contributed by atoms with Crippen molar-refractivity contribution in [2.24, 2.45) is 0 Å². The van der Waals surface area contributed by atoms with E-state index in [2.05, 4.69) is 26.8 Å². The van der Waals surface area contributed by atoms with Gasteiger partial charge in [-0.15, -0.1) is 0 Å². The molecule has 2 saturated heterocycles. The summed E-state index contributed by atoms with van der Waals surface area (Å²) in [5, 5.41) is 10.2. The highest BCUT2D eigenvalue weighted by Gasteiger charge is 2.34. The lowest BCUT2D eigenvalue weighted by molar-refractivity contribution is -0.144. The summed E-state index contributed by atoms with van der Waals surface area (Å²) in [6.45, 7) is 7.79. The van der Waals surface area contributed by atoms with Crippen LogP contribution < -0.4 is 10.2 Å². The van der Waals surface area contributed by atoms with Gasteiger partial charge in [0.05, 0.1) is 26.7 Å². The number of amidine groups is 1. The average Bonchev–Trinajstić information content (AvgIpc) is 3.23. The molecule has 2 amide bonds. The number of nitrogens with one attached hydrogen (secondary N) is 2. The van der Waals surface area contributed by atoms with Crippen molar-refractivity contribution in [2.45, 2.75) is 32.3 Å². The quantitative estimate of drug-likeness (QED) is 0.168. The summed E-state index contributed by atoms with van der Waals surface area (Å²) in [5.74, 6) is -0.221. The van der Waals surface area contributed by atoms with Crippen LogP contribution in [0.4, 0.5) is 15.3 Å². The fourth-order valence-corrected chi connectivity index (χ4v) is 4.00. The van der Waals surface area contributed by atoms with Crippen LogP contribution in [0.3, 0.4) is 0 Å². The topological polar surface area (TPSA) is 125 Å². The van der Waals surface area contributed by atoms with E-state index < -0.39 is 12.2 Å². The number of carbonyl (C=O) groups excluding carboxylic acids is 3. The zero-order valence-electron chi connectivity index (χ0n) is 20.5. The second-order valence-electron chi connectivity index (χ2n) is 8.62. The molecule has 2 N–H and O–H groups in total. The van der Waals surface area contributed by atoms with Crippen LogP contribution >= 0.6 is 0 Å². The van der Waals surface area contributed by atoms with Crippen LogP contribution in [0.2, 0.25) is 0 Å². The molecular weight excluding hydrogens is 454 g/mol. The molecule has 11 heteroatoms. The number of esters is 1. The van der Waals surface area contributed by atoms with Gasteiger partial charge in [-0.05, 0) is 30.7 Å². The van der Waals surface area contributed by atoms with Crippen LogP contribution in [0.25, 0.3) is 0 Å². The number of alkyl carbamates (subject to hydrolysis) is 1. The minimum absolute atomic E-state index is 0.0854. The van der Waals surface area contributed by atoms with E-state index in [1.807, 2.05) is 0 Å². The maximum Gasteiger partial charge on any atom is 0.414 e. The molecule has 1 aromatic rings. The summed E-state index contributed by atoms with van der Waals surface area (Å²) in [5.41, 5.74) is 1.16. The molecule has 0 radical (unpaired) electrons. The first-order chi connectivity index (χ1) is 16.9. The van der Waals surface area contributed by atoms with Gasteiger partial charge in [0.1, 0.15) is 11.9 Å². The smallest absolute Gasteiger partial charge is 0.414 e. The molecule has 0 aliphatic carbocycles. The molecule has 1 unspecified atom stereocenters. The van der Waals surface area contributed by atoms with Crippen LogP contribution in [-0.2, 0) is 19.0 Å². The number of piperazine rings is 1. The highest BCUT2D eigenvalue weighted by Crippen LogP contribution is 2.23. The zero-order chi connectivity index (χ0) is 25.2. The highest BCUT2D eigenvalue weighted by molar-refractivity contribution is 6.04. The highest BCUT2D eigenvalue weighted by atomic mass is 16.6. The van der Waals surface area contributed by atoms with Crippen LogP contribution in [0, 0.1) is 5.41 Å². The van der Waals surface area contributed by atoms with Crippen LogP contribution in [0.1, 0.15) is 31.7 Å². The molecular formula is C24H35N5O6. The van der Waals surface area contributed by atoms with Gasteiger partial charge in [0, 0.05) is 50.5 Å². The van der Waals surface area contributed by atoms with Crippen molar-refractivity contribution in [1.29, 1.82) is 5.41 Å². The van der Waals surface area contributed by atoms with Crippen LogP contribution in [0.15, 0.2) is 24.3 Å². The van der Waals surface area contributed by atoms with E-state index in [1.165, 1.54) is 7.11 Å². The summed E-state index contributed by atoms with van der Waals surface area (Å²) < 4.78 is 15.3. The Kier molecular flexibility index (Phi) is 9.86. The maximum atomic E-state index is 12.4. The Morgan fingerprint density at radius 1 is 1.14 bits per heavy atom. The maximum absolute atomic E-state index is 12.4. The molecule has 0 bridgehead atoms. The third-order valence-corrected chi connectivity index (χ3v) is 6.07. The number of hydrogen-bond donors (Lipinski definition) is 2. The number of amides is 2. The molecule has 2 fully saturated rings. The van der Waals surface area contributed by atoms with Gasteiger partial charge in [-0.1, -0.05) is 13.3 Å². The molecule has 2 heterocycles. The molecule has 0 spiro atoms. The fraction of sp³-hybridized carbons (Fsp3) is 0.583. The Labute approximate surface area is 205 Å². The zero-order valence-corrected chi connectivity index (χ0v) is 20.5. The van der Waals surface area contributed by atoms with Gasteiger partial charge in [0.2, 0.25) is 0 Å². The summed E-state index contributed by atoms with van der Waals surface area (Å²) >= 11 is 0. The van der Waals surface area contributed by atoms with E-state index in [-0.39, 0.29) is 17.9 Å². The van der Waals surface area contributed by atoms with Crippen molar-refractivity contribution >= 4 is 29.7 Å². The molecule has 1 aromatic carbocycles. The third kappa shape index (κ3) is 7.93. The Hall–Kier alpha value is -3.18. The number of cyclic esters (lactones) is 1. The normalized spacial score (nSPS) is 18.7. The summed E-state index contributed by atoms with van der Waals surface area (Å²) in [6, 6.07) is 6.76. The summed E-state index contributed by atoms with van der Waals surface area (Å²) in [4.78, 5) is 41.6. The number of carbonyl (C=O) groups is 3. The molecule has 0 saturated carbocycles. The summed E-state index contributed by atoms with van der Waals surface area (Å²) in [7, 11) is 1.23. The van der Waals surface area contributed by atoms with Gasteiger partial charge in [-0.3, -0.25) is 25.3 Å².